The molecule has 1 aliphatic rings. The van der Waals surface area contributed by atoms with Gasteiger partial charge in [0.2, 0.25) is 0 Å². The first kappa shape index (κ1) is 23.7. The topological polar surface area (TPSA) is 50.8 Å². The number of ether oxygens (including phenoxy) is 2. The zero-order valence-corrected chi connectivity index (χ0v) is 19.0. The molecule has 0 bridgehead atoms. The van der Waals surface area contributed by atoms with Gasteiger partial charge in [0, 0.05) is 24.9 Å². The van der Waals surface area contributed by atoms with E-state index in [1.165, 1.54) is 25.8 Å². The maximum Gasteiger partial charge on any atom is 0.256 e. The van der Waals surface area contributed by atoms with Gasteiger partial charge in [-0.2, -0.15) is 0 Å². The van der Waals surface area contributed by atoms with Crippen molar-refractivity contribution in [2.45, 2.75) is 78.4 Å². The number of amides is 1. The highest BCUT2D eigenvalue weighted by Gasteiger charge is 2.34. The number of hydrogen-bond donors (Lipinski definition) is 1. The molecule has 1 aromatic carbocycles. The van der Waals surface area contributed by atoms with Crippen LogP contribution in [0.3, 0.4) is 0 Å². The molecule has 0 unspecified atom stereocenters. The lowest BCUT2D eigenvalue weighted by atomic mass is 9.93. The maximum absolute atomic E-state index is 12.9. The Morgan fingerprint density at radius 2 is 1.97 bits per heavy atom. The summed E-state index contributed by atoms with van der Waals surface area (Å²) in [7, 11) is 0. The molecule has 2 rings (SSSR count). The third-order valence-electron chi connectivity index (χ3n) is 5.60. The minimum absolute atomic E-state index is 0.0904. The van der Waals surface area contributed by atoms with E-state index in [4.69, 9.17) is 9.47 Å². The standard InChI is InChI=1S/C24H40N2O3/c1-6-16-29-24(5,18-19(2)3)23(27)25-21-10-12-22(13-11-21)28-17-15-26-14-8-7-9-20(26)4/h10-13,19-20H,6-9,14-18H2,1-5H3,(H,25,27)/t20-,24+/m1/s1. The van der Waals surface area contributed by atoms with Crippen molar-refractivity contribution in [3.63, 3.8) is 0 Å². The molecular formula is C24H40N2O3. The molecule has 0 saturated carbocycles. The van der Waals surface area contributed by atoms with Crippen LogP contribution < -0.4 is 10.1 Å². The zero-order chi connectivity index (χ0) is 21.3. The van der Waals surface area contributed by atoms with Crippen LogP contribution in [0, 0.1) is 5.92 Å². The van der Waals surface area contributed by atoms with Crippen molar-refractivity contribution in [2.75, 3.05) is 31.6 Å². The van der Waals surface area contributed by atoms with Gasteiger partial charge < -0.3 is 14.8 Å². The Hall–Kier alpha value is -1.59. The fourth-order valence-corrected chi connectivity index (χ4v) is 3.99. The van der Waals surface area contributed by atoms with Crippen LogP contribution in [0.4, 0.5) is 5.69 Å². The second kappa shape index (κ2) is 11.6. The van der Waals surface area contributed by atoms with Crippen molar-refractivity contribution in [2.24, 2.45) is 5.92 Å². The first-order valence-electron chi connectivity index (χ1n) is 11.3. The average molecular weight is 405 g/mol. The lowest BCUT2D eigenvalue weighted by molar-refractivity contribution is -0.141. The van der Waals surface area contributed by atoms with Crippen molar-refractivity contribution < 1.29 is 14.3 Å². The number of rotatable bonds is 11. The second-order valence-electron chi connectivity index (χ2n) is 8.89. The van der Waals surface area contributed by atoms with E-state index in [1.807, 2.05) is 31.2 Å². The molecule has 0 aliphatic carbocycles. The quantitative estimate of drug-likeness (QED) is 0.557. The highest BCUT2D eigenvalue weighted by Crippen LogP contribution is 2.25. The fourth-order valence-electron chi connectivity index (χ4n) is 3.99. The zero-order valence-electron chi connectivity index (χ0n) is 19.0. The van der Waals surface area contributed by atoms with E-state index in [0.717, 1.165) is 24.4 Å². The van der Waals surface area contributed by atoms with Gasteiger partial charge in [-0.25, -0.2) is 0 Å². The number of hydrogen-bond acceptors (Lipinski definition) is 4. The van der Waals surface area contributed by atoms with Gasteiger partial charge in [-0.1, -0.05) is 27.2 Å². The Labute approximate surface area is 177 Å². The maximum atomic E-state index is 12.9. The molecule has 1 aliphatic heterocycles. The van der Waals surface area contributed by atoms with E-state index in [1.54, 1.807) is 0 Å². The number of carbonyl (C=O) groups excluding carboxylic acids is 1. The smallest absolute Gasteiger partial charge is 0.256 e. The molecule has 1 aromatic rings. The second-order valence-corrected chi connectivity index (χ2v) is 8.89. The van der Waals surface area contributed by atoms with E-state index in [0.29, 0.717) is 31.6 Å². The molecule has 29 heavy (non-hydrogen) atoms. The SMILES string of the molecule is CCCO[C@@](C)(CC(C)C)C(=O)Nc1ccc(OCCN2CCCC[C@H]2C)cc1. The molecule has 5 nitrogen and oxygen atoms in total. The first-order chi connectivity index (χ1) is 13.8. The van der Waals surface area contributed by atoms with Crippen LogP contribution in [0.2, 0.25) is 0 Å². The van der Waals surface area contributed by atoms with E-state index in [-0.39, 0.29) is 5.91 Å². The molecule has 0 radical (unpaired) electrons. The normalized spacial score (nSPS) is 19.7. The van der Waals surface area contributed by atoms with Crippen molar-refractivity contribution in [1.82, 2.24) is 4.90 Å². The van der Waals surface area contributed by atoms with E-state index in [2.05, 4.69) is 37.9 Å². The van der Waals surface area contributed by atoms with Crippen LogP contribution in [0.25, 0.3) is 0 Å². The third kappa shape index (κ3) is 7.63. The summed E-state index contributed by atoms with van der Waals surface area (Å²) in [4.78, 5) is 15.4. The molecule has 1 amide bonds. The molecule has 0 aromatic heterocycles. The molecule has 2 atom stereocenters. The average Bonchev–Trinajstić information content (AvgIpc) is 2.68. The van der Waals surface area contributed by atoms with Crippen LogP contribution in [-0.4, -0.2) is 48.8 Å². The monoisotopic (exact) mass is 404 g/mol. The predicted octanol–water partition coefficient (Wildman–Crippen LogP) is 5.11. The van der Waals surface area contributed by atoms with Gasteiger partial charge in [-0.15, -0.1) is 0 Å². The molecule has 1 fully saturated rings. The summed E-state index contributed by atoms with van der Waals surface area (Å²) in [5.74, 6) is 1.12. The molecule has 1 heterocycles. The molecule has 164 valence electrons. The molecule has 1 saturated heterocycles. The summed E-state index contributed by atoms with van der Waals surface area (Å²) < 4.78 is 11.8. The van der Waals surface area contributed by atoms with Gasteiger partial charge in [0.15, 0.2) is 0 Å². The molecule has 1 N–H and O–H groups in total. The summed E-state index contributed by atoms with van der Waals surface area (Å²) in [6.07, 6.45) is 5.49. The van der Waals surface area contributed by atoms with Crippen LogP contribution in [0.5, 0.6) is 5.75 Å². The predicted molar refractivity (Wildman–Crippen MR) is 120 cm³/mol. The van der Waals surface area contributed by atoms with Crippen LogP contribution >= 0.6 is 0 Å². The fraction of sp³-hybridized carbons (Fsp3) is 0.708. The summed E-state index contributed by atoms with van der Waals surface area (Å²) in [6.45, 7) is 13.9. The van der Waals surface area contributed by atoms with E-state index in [9.17, 15) is 4.79 Å². The first-order valence-corrected chi connectivity index (χ1v) is 11.3. The number of likely N-dealkylation sites (tertiary alicyclic amines) is 1. The van der Waals surface area contributed by atoms with Gasteiger partial charge in [0.05, 0.1) is 0 Å². The number of piperidine rings is 1. The largest absolute Gasteiger partial charge is 0.492 e. The van der Waals surface area contributed by atoms with Crippen molar-refractivity contribution in [3.8, 4) is 5.75 Å². The lowest BCUT2D eigenvalue weighted by Crippen LogP contribution is -2.44. The van der Waals surface area contributed by atoms with Gasteiger partial charge in [0.25, 0.3) is 5.91 Å². The summed E-state index contributed by atoms with van der Waals surface area (Å²) in [5.41, 5.74) is -0.0492. The number of nitrogens with zero attached hydrogens (tertiary/aromatic N) is 1. The van der Waals surface area contributed by atoms with E-state index < -0.39 is 5.60 Å². The van der Waals surface area contributed by atoms with E-state index >= 15 is 0 Å². The van der Waals surface area contributed by atoms with Gasteiger partial charge >= 0.3 is 0 Å². The molecular weight excluding hydrogens is 364 g/mol. The van der Waals surface area contributed by atoms with Crippen molar-refractivity contribution in [3.05, 3.63) is 24.3 Å². The number of anilines is 1. The number of nitrogens with one attached hydrogen (secondary N) is 1. The van der Waals surface area contributed by atoms with Gasteiger partial charge in [-0.3, -0.25) is 9.69 Å². The highest BCUT2D eigenvalue weighted by atomic mass is 16.5. The van der Waals surface area contributed by atoms with Crippen molar-refractivity contribution >= 4 is 11.6 Å². The van der Waals surface area contributed by atoms with Crippen LogP contribution in [0.1, 0.15) is 66.7 Å². The Morgan fingerprint density at radius 3 is 2.59 bits per heavy atom. The third-order valence-corrected chi connectivity index (χ3v) is 5.60. The lowest BCUT2D eigenvalue weighted by Gasteiger charge is -2.33. The van der Waals surface area contributed by atoms with Crippen LogP contribution in [0.15, 0.2) is 24.3 Å². The van der Waals surface area contributed by atoms with Crippen LogP contribution in [-0.2, 0) is 9.53 Å². The number of benzene rings is 1. The Kier molecular flexibility index (Phi) is 9.44. The molecule has 5 heteroatoms. The van der Waals surface area contributed by atoms with Gasteiger partial charge in [0.1, 0.15) is 18.0 Å². The Morgan fingerprint density at radius 1 is 1.24 bits per heavy atom. The molecule has 0 spiro atoms. The minimum atomic E-state index is -0.815. The summed E-state index contributed by atoms with van der Waals surface area (Å²) in [5, 5.41) is 3.01. The highest BCUT2D eigenvalue weighted by molar-refractivity contribution is 5.97. The summed E-state index contributed by atoms with van der Waals surface area (Å²) in [6, 6.07) is 8.28. The van der Waals surface area contributed by atoms with Gasteiger partial charge in [-0.05, 0) is 76.3 Å². The van der Waals surface area contributed by atoms with Crippen molar-refractivity contribution in [1.29, 1.82) is 0 Å². The Balaban J connectivity index is 1.85. The minimum Gasteiger partial charge on any atom is -0.492 e. The Bertz CT molecular complexity index is 617. The number of carbonyl (C=O) groups is 1. The summed E-state index contributed by atoms with van der Waals surface area (Å²) >= 11 is 0.